The van der Waals surface area contributed by atoms with Gasteiger partial charge in [-0.3, -0.25) is 10.1 Å². The van der Waals surface area contributed by atoms with Crippen molar-refractivity contribution >= 4 is 23.4 Å². The lowest BCUT2D eigenvalue weighted by molar-refractivity contribution is -0.385. The molecule has 0 saturated carbocycles. The number of aromatic carboxylic acids is 1. The second kappa shape index (κ2) is 6.53. The van der Waals surface area contributed by atoms with E-state index in [0.29, 0.717) is 16.2 Å². The van der Waals surface area contributed by atoms with Crippen molar-refractivity contribution in [2.45, 2.75) is 18.7 Å². The molecule has 0 amide bonds. The molecule has 2 N–H and O–H groups in total. The number of aliphatic hydroxyl groups is 1. The second-order valence-electron chi connectivity index (χ2n) is 4.28. The SMILES string of the molecule is Cc1c(SCC(C)CO)cc(C(=O)O)cc1[N+](=O)[O-]. The molecule has 0 aliphatic heterocycles. The minimum atomic E-state index is -1.19. The Balaban J connectivity index is 3.14. The first-order valence-electron chi connectivity index (χ1n) is 5.62. The fraction of sp³-hybridized carbons (Fsp3) is 0.417. The van der Waals surface area contributed by atoms with Gasteiger partial charge in [0.2, 0.25) is 0 Å². The summed E-state index contributed by atoms with van der Waals surface area (Å²) in [7, 11) is 0. The molecule has 0 fully saturated rings. The molecular formula is C12H15NO5S. The number of aliphatic hydroxyl groups excluding tert-OH is 1. The Morgan fingerprint density at radius 1 is 1.53 bits per heavy atom. The largest absolute Gasteiger partial charge is 0.478 e. The van der Waals surface area contributed by atoms with Crippen LogP contribution in [0.2, 0.25) is 0 Å². The average molecular weight is 285 g/mol. The van der Waals surface area contributed by atoms with E-state index in [-0.39, 0.29) is 23.8 Å². The number of benzene rings is 1. The van der Waals surface area contributed by atoms with Gasteiger partial charge in [-0.1, -0.05) is 6.92 Å². The van der Waals surface area contributed by atoms with Gasteiger partial charge in [-0.15, -0.1) is 11.8 Å². The van der Waals surface area contributed by atoms with Gasteiger partial charge in [0.15, 0.2) is 0 Å². The molecule has 19 heavy (non-hydrogen) atoms. The zero-order valence-electron chi connectivity index (χ0n) is 10.6. The first-order valence-corrected chi connectivity index (χ1v) is 6.61. The zero-order chi connectivity index (χ0) is 14.6. The van der Waals surface area contributed by atoms with Gasteiger partial charge in [-0.2, -0.15) is 0 Å². The number of hydrogen-bond donors (Lipinski definition) is 2. The van der Waals surface area contributed by atoms with Crippen molar-refractivity contribution in [1.82, 2.24) is 0 Å². The highest BCUT2D eigenvalue weighted by molar-refractivity contribution is 7.99. The van der Waals surface area contributed by atoms with Crippen LogP contribution in [0.25, 0.3) is 0 Å². The van der Waals surface area contributed by atoms with Crippen LogP contribution in [0.15, 0.2) is 17.0 Å². The van der Waals surface area contributed by atoms with Crippen LogP contribution in [-0.4, -0.2) is 33.5 Å². The monoisotopic (exact) mass is 285 g/mol. The van der Waals surface area contributed by atoms with E-state index >= 15 is 0 Å². The zero-order valence-corrected chi connectivity index (χ0v) is 11.4. The predicted octanol–water partition coefficient (Wildman–Crippen LogP) is 2.32. The molecule has 0 bridgehead atoms. The molecule has 0 aromatic heterocycles. The van der Waals surface area contributed by atoms with Crippen LogP contribution in [0.1, 0.15) is 22.8 Å². The van der Waals surface area contributed by atoms with Gasteiger partial charge in [-0.25, -0.2) is 4.79 Å². The Labute approximate surface area is 114 Å². The first kappa shape index (κ1) is 15.5. The Morgan fingerprint density at radius 2 is 2.16 bits per heavy atom. The molecule has 0 heterocycles. The quantitative estimate of drug-likeness (QED) is 0.472. The number of hydrogen-bond acceptors (Lipinski definition) is 5. The van der Waals surface area contributed by atoms with Crippen molar-refractivity contribution in [3.05, 3.63) is 33.4 Å². The van der Waals surface area contributed by atoms with E-state index in [1.807, 2.05) is 6.92 Å². The lowest BCUT2D eigenvalue weighted by atomic mass is 10.1. The van der Waals surface area contributed by atoms with E-state index in [4.69, 9.17) is 10.2 Å². The highest BCUT2D eigenvalue weighted by Crippen LogP contribution is 2.32. The number of carboxylic acid groups (broad SMARTS) is 1. The summed E-state index contributed by atoms with van der Waals surface area (Å²) in [6, 6.07) is 2.50. The lowest BCUT2D eigenvalue weighted by Gasteiger charge is -2.10. The molecule has 1 rings (SSSR count). The van der Waals surface area contributed by atoms with Crippen molar-refractivity contribution in [3.8, 4) is 0 Å². The molecule has 1 aromatic rings. The Kier molecular flexibility index (Phi) is 5.31. The van der Waals surface area contributed by atoms with Crippen LogP contribution < -0.4 is 0 Å². The Morgan fingerprint density at radius 3 is 2.63 bits per heavy atom. The third kappa shape index (κ3) is 3.93. The van der Waals surface area contributed by atoms with Crippen molar-refractivity contribution < 1.29 is 19.9 Å². The smallest absolute Gasteiger partial charge is 0.335 e. The molecule has 0 radical (unpaired) electrons. The number of thioether (sulfide) groups is 1. The van der Waals surface area contributed by atoms with Crippen molar-refractivity contribution in [2.24, 2.45) is 5.92 Å². The summed E-state index contributed by atoms with van der Waals surface area (Å²) in [5.74, 6) is -0.588. The summed E-state index contributed by atoms with van der Waals surface area (Å²) < 4.78 is 0. The van der Waals surface area contributed by atoms with Crippen molar-refractivity contribution in [2.75, 3.05) is 12.4 Å². The van der Waals surface area contributed by atoms with E-state index in [2.05, 4.69) is 0 Å². The van der Waals surface area contributed by atoms with Gasteiger partial charge in [0, 0.05) is 28.9 Å². The average Bonchev–Trinajstić information content (AvgIpc) is 2.36. The third-order valence-electron chi connectivity index (χ3n) is 2.61. The molecule has 0 saturated heterocycles. The number of carbonyl (C=O) groups is 1. The predicted molar refractivity (Wildman–Crippen MR) is 71.8 cm³/mol. The van der Waals surface area contributed by atoms with Gasteiger partial charge in [0.25, 0.3) is 5.69 Å². The summed E-state index contributed by atoms with van der Waals surface area (Å²) in [6.45, 7) is 3.46. The Bertz CT molecular complexity index is 503. The maximum absolute atomic E-state index is 11.0. The third-order valence-corrected chi connectivity index (χ3v) is 4.08. The van der Waals surface area contributed by atoms with E-state index in [0.717, 1.165) is 6.07 Å². The molecule has 0 spiro atoms. The summed E-state index contributed by atoms with van der Waals surface area (Å²) in [6.07, 6.45) is 0. The lowest BCUT2D eigenvalue weighted by Crippen LogP contribution is -2.05. The fourth-order valence-corrected chi connectivity index (χ4v) is 2.52. The summed E-state index contributed by atoms with van der Waals surface area (Å²) >= 11 is 1.32. The molecule has 0 aliphatic carbocycles. The molecule has 6 nitrogen and oxygen atoms in total. The highest BCUT2D eigenvalue weighted by atomic mass is 32.2. The van der Waals surface area contributed by atoms with Crippen LogP contribution in [-0.2, 0) is 0 Å². The van der Waals surface area contributed by atoms with Crippen LogP contribution in [0.4, 0.5) is 5.69 Å². The van der Waals surface area contributed by atoms with Crippen LogP contribution in [0.3, 0.4) is 0 Å². The number of carboxylic acids is 1. The molecule has 7 heteroatoms. The van der Waals surface area contributed by atoms with Crippen molar-refractivity contribution in [1.29, 1.82) is 0 Å². The van der Waals surface area contributed by atoms with E-state index in [1.54, 1.807) is 6.92 Å². The minimum absolute atomic E-state index is 0.0206. The van der Waals surface area contributed by atoms with Gasteiger partial charge < -0.3 is 10.2 Å². The standard InChI is InChI=1S/C12H15NO5S/c1-7(5-14)6-19-11-4-9(12(15)16)3-10(8(11)2)13(17)18/h3-4,7,14H,5-6H2,1-2H3,(H,15,16). The number of nitro groups is 1. The molecular weight excluding hydrogens is 270 g/mol. The molecule has 0 aliphatic rings. The topological polar surface area (TPSA) is 101 Å². The minimum Gasteiger partial charge on any atom is -0.478 e. The van der Waals surface area contributed by atoms with Gasteiger partial charge in [0.05, 0.1) is 10.5 Å². The summed E-state index contributed by atoms with van der Waals surface area (Å²) in [4.78, 5) is 21.8. The normalized spacial score (nSPS) is 12.2. The second-order valence-corrected chi connectivity index (χ2v) is 5.34. The highest BCUT2D eigenvalue weighted by Gasteiger charge is 2.19. The van der Waals surface area contributed by atoms with E-state index in [9.17, 15) is 14.9 Å². The number of nitro benzene ring substituents is 1. The van der Waals surface area contributed by atoms with Gasteiger partial charge >= 0.3 is 5.97 Å². The summed E-state index contributed by atoms with van der Waals surface area (Å²) in [5, 5.41) is 28.8. The number of nitrogens with zero attached hydrogens (tertiary/aromatic N) is 1. The first-order chi connectivity index (χ1) is 8.86. The molecule has 104 valence electrons. The van der Waals surface area contributed by atoms with Crippen LogP contribution in [0, 0.1) is 23.0 Å². The maximum atomic E-state index is 11.0. The molecule has 1 unspecified atom stereocenters. The van der Waals surface area contributed by atoms with Crippen LogP contribution in [0.5, 0.6) is 0 Å². The van der Waals surface area contributed by atoms with Crippen molar-refractivity contribution in [3.63, 3.8) is 0 Å². The van der Waals surface area contributed by atoms with Gasteiger partial charge in [-0.05, 0) is 18.9 Å². The fourth-order valence-electron chi connectivity index (χ4n) is 1.42. The van der Waals surface area contributed by atoms with Crippen LogP contribution >= 0.6 is 11.8 Å². The molecule has 1 atom stereocenters. The van der Waals surface area contributed by atoms with E-state index in [1.165, 1.54) is 17.8 Å². The van der Waals surface area contributed by atoms with Gasteiger partial charge in [0.1, 0.15) is 0 Å². The molecule has 1 aromatic carbocycles. The van der Waals surface area contributed by atoms with E-state index < -0.39 is 10.9 Å². The number of rotatable bonds is 6. The summed E-state index contributed by atoms with van der Waals surface area (Å²) in [5.41, 5.74) is 0.153. The maximum Gasteiger partial charge on any atom is 0.335 e. The Hall–Kier alpha value is -1.60.